The summed E-state index contributed by atoms with van der Waals surface area (Å²) in [6, 6.07) is 6.70. The number of urea groups is 2. The SMILES string of the molecule is O=C(Nc1cccc(CN2C(=O)CNC2=O)c1)NC1C2CCOCC21. The first-order valence-corrected chi connectivity index (χ1v) is 8.44. The first-order chi connectivity index (χ1) is 12.1. The molecule has 0 radical (unpaired) electrons. The van der Waals surface area contributed by atoms with E-state index < -0.39 is 0 Å². The van der Waals surface area contributed by atoms with Crippen LogP contribution in [0.25, 0.3) is 0 Å². The maximum absolute atomic E-state index is 12.2. The minimum absolute atomic E-state index is 0.0343. The fourth-order valence-electron chi connectivity index (χ4n) is 3.58. The highest BCUT2D eigenvalue weighted by Crippen LogP contribution is 2.44. The first kappa shape index (κ1) is 15.9. The molecular formula is C17H20N4O4. The van der Waals surface area contributed by atoms with E-state index in [1.807, 2.05) is 6.07 Å². The number of carbonyl (C=O) groups excluding carboxylic acids is 3. The lowest BCUT2D eigenvalue weighted by molar-refractivity contribution is -0.125. The fourth-order valence-corrected chi connectivity index (χ4v) is 3.58. The normalized spacial score (nSPS) is 27.5. The molecule has 1 saturated carbocycles. The van der Waals surface area contributed by atoms with Gasteiger partial charge in [-0.25, -0.2) is 9.59 Å². The summed E-state index contributed by atoms with van der Waals surface area (Å²) < 4.78 is 5.41. The fraction of sp³-hybridized carbons (Fsp3) is 0.471. The molecule has 3 atom stereocenters. The van der Waals surface area contributed by atoms with E-state index in [0.717, 1.165) is 30.1 Å². The molecule has 3 N–H and O–H groups in total. The highest BCUT2D eigenvalue weighted by atomic mass is 16.5. The second-order valence-electron chi connectivity index (χ2n) is 6.65. The predicted molar refractivity (Wildman–Crippen MR) is 88.7 cm³/mol. The van der Waals surface area contributed by atoms with Crippen LogP contribution in [0.3, 0.4) is 0 Å². The van der Waals surface area contributed by atoms with Crippen molar-refractivity contribution in [2.75, 3.05) is 25.1 Å². The molecule has 2 saturated heterocycles. The van der Waals surface area contributed by atoms with Crippen molar-refractivity contribution in [1.29, 1.82) is 0 Å². The number of amides is 5. The van der Waals surface area contributed by atoms with Gasteiger partial charge in [0.2, 0.25) is 5.91 Å². The number of hydrogen-bond donors (Lipinski definition) is 3. The van der Waals surface area contributed by atoms with E-state index in [0.29, 0.717) is 17.5 Å². The van der Waals surface area contributed by atoms with E-state index in [4.69, 9.17) is 4.74 Å². The van der Waals surface area contributed by atoms with Crippen LogP contribution in [0.1, 0.15) is 12.0 Å². The van der Waals surface area contributed by atoms with Crippen molar-refractivity contribution >= 4 is 23.7 Å². The van der Waals surface area contributed by atoms with Gasteiger partial charge in [0.1, 0.15) is 0 Å². The Balaban J connectivity index is 1.34. The Labute approximate surface area is 144 Å². The van der Waals surface area contributed by atoms with Crippen LogP contribution in [-0.2, 0) is 16.1 Å². The molecule has 1 aromatic rings. The number of anilines is 1. The molecule has 5 amide bonds. The van der Waals surface area contributed by atoms with Gasteiger partial charge in [-0.05, 0) is 30.0 Å². The van der Waals surface area contributed by atoms with Gasteiger partial charge in [-0.3, -0.25) is 9.69 Å². The third kappa shape index (κ3) is 3.30. The molecule has 2 aliphatic heterocycles. The van der Waals surface area contributed by atoms with Crippen molar-refractivity contribution in [3.8, 4) is 0 Å². The maximum atomic E-state index is 12.2. The summed E-state index contributed by atoms with van der Waals surface area (Å²) in [6.07, 6.45) is 0.997. The molecule has 1 aliphatic carbocycles. The summed E-state index contributed by atoms with van der Waals surface area (Å²) in [5, 5.41) is 8.30. The smallest absolute Gasteiger partial charge is 0.324 e. The van der Waals surface area contributed by atoms with Gasteiger partial charge in [-0.15, -0.1) is 0 Å². The minimum Gasteiger partial charge on any atom is -0.381 e. The van der Waals surface area contributed by atoms with Gasteiger partial charge in [-0.1, -0.05) is 12.1 Å². The molecule has 1 aromatic carbocycles. The van der Waals surface area contributed by atoms with E-state index in [-0.39, 0.29) is 37.1 Å². The summed E-state index contributed by atoms with van der Waals surface area (Å²) >= 11 is 0. The van der Waals surface area contributed by atoms with Crippen LogP contribution in [-0.4, -0.2) is 48.7 Å². The number of imide groups is 1. The van der Waals surface area contributed by atoms with E-state index in [1.54, 1.807) is 18.2 Å². The first-order valence-electron chi connectivity index (χ1n) is 8.44. The Morgan fingerprint density at radius 3 is 2.92 bits per heavy atom. The number of nitrogens with one attached hydrogen (secondary N) is 3. The van der Waals surface area contributed by atoms with Gasteiger partial charge in [0.25, 0.3) is 0 Å². The monoisotopic (exact) mass is 344 g/mol. The molecule has 4 rings (SSSR count). The average Bonchev–Trinajstić information content (AvgIpc) is 3.20. The topological polar surface area (TPSA) is 99.8 Å². The molecule has 3 aliphatic rings. The highest BCUT2D eigenvalue weighted by Gasteiger charge is 2.52. The zero-order valence-electron chi connectivity index (χ0n) is 13.7. The summed E-state index contributed by atoms with van der Waals surface area (Å²) in [4.78, 5) is 36.6. The average molecular weight is 344 g/mol. The third-order valence-corrected chi connectivity index (χ3v) is 5.00. The third-order valence-electron chi connectivity index (χ3n) is 5.00. The molecule has 132 valence electrons. The van der Waals surface area contributed by atoms with Gasteiger partial charge in [0.05, 0.1) is 19.7 Å². The Morgan fingerprint density at radius 2 is 2.20 bits per heavy atom. The Hall–Kier alpha value is -2.61. The number of ether oxygens (including phenoxy) is 1. The van der Waals surface area contributed by atoms with Crippen molar-refractivity contribution in [3.05, 3.63) is 29.8 Å². The van der Waals surface area contributed by atoms with E-state index in [2.05, 4.69) is 16.0 Å². The van der Waals surface area contributed by atoms with E-state index >= 15 is 0 Å². The van der Waals surface area contributed by atoms with Crippen molar-refractivity contribution < 1.29 is 19.1 Å². The minimum atomic E-state index is -0.389. The molecule has 0 aromatic heterocycles. The molecule has 8 heteroatoms. The summed E-state index contributed by atoms with van der Waals surface area (Å²) in [5.74, 6) is 0.718. The zero-order chi connectivity index (χ0) is 17.4. The van der Waals surface area contributed by atoms with Crippen molar-refractivity contribution in [2.24, 2.45) is 11.8 Å². The summed E-state index contributed by atoms with van der Waals surface area (Å²) in [7, 11) is 0. The van der Waals surface area contributed by atoms with Crippen LogP contribution in [0, 0.1) is 11.8 Å². The largest absolute Gasteiger partial charge is 0.381 e. The molecule has 0 bridgehead atoms. The molecule has 25 heavy (non-hydrogen) atoms. The van der Waals surface area contributed by atoms with Gasteiger partial charge in [0.15, 0.2) is 0 Å². The van der Waals surface area contributed by atoms with Crippen LogP contribution in [0.4, 0.5) is 15.3 Å². The van der Waals surface area contributed by atoms with Crippen LogP contribution < -0.4 is 16.0 Å². The second-order valence-corrected chi connectivity index (χ2v) is 6.65. The van der Waals surface area contributed by atoms with Crippen LogP contribution in [0.2, 0.25) is 0 Å². The van der Waals surface area contributed by atoms with E-state index in [1.165, 1.54) is 0 Å². The number of benzene rings is 1. The van der Waals surface area contributed by atoms with Gasteiger partial charge < -0.3 is 20.7 Å². The summed E-state index contributed by atoms with van der Waals surface area (Å²) in [5.41, 5.74) is 1.40. The quantitative estimate of drug-likeness (QED) is 0.707. The lowest BCUT2D eigenvalue weighted by Gasteiger charge is -2.13. The zero-order valence-corrected chi connectivity index (χ0v) is 13.7. The van der Waals surface area contributed by atoms with Gasteiger partial charge in [-0.2, -0.15) is 0 Å². The summed E-state index contributed by atoms with van der Waals surface area (Å²) in [6.45, 7) is 1.71. The van der Waals surface area contributed by atoms with Crippen LogP contribution in [0.15, 0.2) is 24.3 Å². The standard InChI is InChI=1S/C17H20N4O4/c22-14-7-18-17(24)21(14)8-10-2-1-3-11(6-10)19-16(23)20-15-12-4-5-25-9-13(12)15/h1-3,6,12-13,15H,4-5,7-9H2,(H,18,24)(H2,19,20,23). The molecule has 2 heterocycles. The van der Waals surface area contributed by atoms with Gasteiger partial charge in [0, 0.05) is 24.3 Å². The Morgan fingerprint density at radius 1 is 1.32 bits per heavy atom. The number of rotatable bonds is 4. The molecule has 3 fully saturated rings. The molecule has 3 unspecified atom stereocenters. The number of hydrogen-bond acceptors (Lipinski definition) is 4. The maximum Gasteiger partial charge on any atom is 0.324 e. The van der Waals surface area contributed by atoms with Crippen molar-refractivity contribution in [2.45, 2.75) is 19.0 Å². The van der Waals surface area contributed by atoms with Crippen molar-refractivity contribution in [1.82, 2.24) is 15.5 Å². The van der Waals surface area contributed by atoms with Gasteiger partial charge >= 0.3 is 12.1 Å². The van der Waals surface area contributed by atoms with Crippen LogP contribution in [0.5, 0.6) is 0 Å². The van der Waals surface area contributed by atoms with Crippen LogP contribution >= 0.6 is 0 Å². The number of fused-ring (bicyclic) bond motifs is 1. The Kier molecular flexibility index (Phi) is 4.04. The Bertz CT molecular complexity index is 694. The lowest BCUT2D eigenvalue weighted by Crippen LogP contribution is -2.32. The second kappa shape index (κ2) is 6.36. The molecular weight excluding hydrogens is 324 g/mol. The predicted octanol–water partition coefficient (Wildman–Crippen LogP) is 0.895. The molecule has 0 spiro atoms. The lowest BCUT2D eigenvalue weighted by atomic mass is 10.2. The van der Waals surface area contributed by atoms with Crippen molar-refractivity contribution in [3.63, 3.8) is 0 Å². The van der Waals surface area contributed by atoms with E-state index in [9.17, 15) is 14.4 Å². The number of nitrogens with zero attached hydrogens (tertiary/aromatic N) is 1. The number of carbonyl (C=O) groups is 3. The molecule has 8 nitrogen and oxygen atoms in total. The highest BCUT2D eigenvalue weighted by molar-refractivity contribution is 6.01.